The monoisotopic (exact) mass is 456 g/mol. The van der Waals surface area contributed by atoms with Crippen molar-refractivity contribution in [3.05, 3.63) is 29.8 Å². The van der Waals surface area contributed by atoms with Gasteiger partial charge in [-0.2, -0.15) is 18.4 Å². The molecule has 8 nitrogen and oxygen atoms in total. The second-order valence-electron chi connectivity index (χ2n) is 7.87. The Labute approximate surface area is 185 Å². The van der Waals surface area contributed by atoms with Gasteiger partial charge in [-0.05, 0) is 36.5 Å². The SMILES string of the molecule is CC(C)C[C@H](NC(=O)[C@H](Cc1cccc(N(C)C(=O)CC#N)c1)NCC(F)(F)F)B(O)O. The molecule has 1 rings (SSSR count). The lowest BCUT2D eigenvalue weighted by molar-refractivity contribution is -0.132. The summed E-state index contributed by atoms with van der Waals surface area (Å²) in [6.07, 6.45) is -4.82. The topological polar surface area (TPSA) is 126 Å². The third-order valence-corrected chi connectivity index (χ3v) is 4.62. The summed E-state index contributed by atoms with van der Waals surface area (Å²) in [6.45, 7) is 2.19. The summed E-state index contributed by atoms with van der Waals surface area (Å²) in [5.74, 6) is -2.31. The van der Waals surface area contributed by atoms with Crippen molar-refractivity contribution in [2.75, 3.05) is 18.5 Å². The van der Waals surface area contributed by atoms with E-state index in [1.54, 1.807) is 38.1 Å². The van der Waals surface area contributed by atoms with Crippen LogP contribution in [0, 0.1) is 17.2 Å². The quantitative estimate of drug-likeness (QED) is 0.371. The molecule has 12 heteroatoms. The van der Waals surface area contributed by atoms with Gasteiger partial charge in [-0.15, -0.1) is 0 Å². The molecule has 2 amide bonds. The van der Waals surface area contributed by atoms with Crippen LogP contribution in [0.2, 0.25) is 0 Å². The normalized spacial score (nSPS) is 13.2. The number of nitrogens with one attached hydrogen (secondary N) is 2. The Hall–Kier alpha value is -2.62. The first-order valence-electron chi connectivity index (χ1n) is 10.0. The minimum absolute atomic E-state index is 0.00171. The minimum Gasteiger partial charge on any atom is -0.426 e. The third kappa shape index (κ3) is 9.68. The fraction of sp³-hybridized carbons (Fsp3) is 0.550. The Morgan fingerprint density at radius 3 is 2.47 bits per heavy atom. The number of carbonyl (C=O) groups is 2. The molecule has 0 aliphatic rings. The van der Waals surface area contributed by atoms with Gasteiger partial charge >= 0.3 is 13.3 Å². The maximum absolute atomic E-state index is 12.8. The van der Waals surface area contributed by atoms with Crippen molar-refractivity contribution in [3.63, 3.8) is 0 Å². The van der Waals surface area contributed by atoms with E-state index in [0.717, 1.165) is 0 Å². The standard InChI is InChI=1S/C20H28BF3N4O4/c1-13(2)9-17(21(31)32)27-19(30)16(26-12-20(22,23)24)11-14-5-4-6-15(10-14)28(3)18(29)7-8-25/h4-6,10,13,16-17,26,31-32H,7,9,11-12H2,1-3H3,(H,27,30)/t16-,17-/m0/s1. The van der Waals surface area contributed by atoms with Crippen molar-refractivity contribution >= 4 is 24.6 Å². The van der Waals surface area contributed by atoms with Crippen LogP contribution in [0.5, 0.6) is 0 Å². The molecule has 1 aromatic rings. The van der Waals surface area contributed by atoms with Crippen LogP contribution in [0.4, 0.5) is 18.9 Å². The summed E-state index contributed by atoms with van der Waals surface area (Å²) in [5, 5.41) is 32.3. The number of benzene rings is 1. The second kappa shape index (κ2) is 12.4. The van der Waals surface area contributed by atoms with Gasteiger partial charge in [0.1, 0.15) is 6.42 Å². The van der Waals surface area contributed by atoms with Gasteiger partial charge in [0.25, 0.3) is 0 Å². The van der Waals surface area contributed by atoms with E-state index in [9.17, 15) is 32.8 Å². The average Bonchev–Trinajstić information content (AvgIpc) is 2.69. The van der Waals surface area contributed by atoms with Crippen molar-refractivity contribution in [2.24, 2.45) is 5.92 Å². The summed E-state index contributed by atoms with van der Waals surface area (Å²) in [4.78, 5) is 25.9. The van der Waals surface area contributed by atoms with E-state index in [2.05, 4.69) is 10.6 Å². The Bertz CT molecular complexity index is 815. The molecule has 2 atom stereocenters. The number of alkyl halides is 3. The van der Waals surface area contributed by atoms with Crippen LogP contribution < -0.4 is 15.5 Å². The number of nitrogens with zero attached hydrogens (tertiary/aromatic N) is 2. The molecule has 0 spiro atoms. The van der Waals surface area contributed by atoms with Crippen molar-refractivity contribution in [1.82, 2.24) is 10.6 Å². The molecule has 0 aromatic heterocycles. The molecule has 0 heterocycles. The first-order valence-corrected chi connectivity index (χ1v) is 10.0. The fourth-order valence-electron chi connectivity index (χ4n) is 3.00. The number of anilines is 1. The average molecular weight is 456 g/mol. The summed E-state index contributed by atoms with van der Waals surface area (Å²) in [5.41, 5.74) is 0.889. The van der Waals surface area contributed by atoms with Crippen molar-refractivity contribution in [2.45, 2.75) is 51.3 Å². The first kappa shape index (κ1) is 27.4. The van der Waals surface area contributed by atoms with Crippen LogP contribution in [0.15, 0.2) is 24.3 Å². The molecule has 1 aromatic carbocycles. The van der Waals surface area contributed by atoms with Gasteiger partial charge in [0, 0.05) is 12.7 Å². The van der Waals surface area contributed by atoms with Gasteiger partial charge in [0.2, 0.25) is 11.8 Å². The lowest BCUT2D eigenvalue weighted by Crippen LogP contribution is -2.55. The van der Waals surface area contributed by atoms with E-state index in [4.69, 9.17) is 5.26 Å². The number of amides is 2. The highest BCUT2D eigenvalue weighted by atomic mass is 19.4. The number of carbonyl (C=O) groups excluding carboxylic acids is 2. The minimum atomic E-state index is -4.56. The van der Waals surface area contributed by atoms with E-state index in [1.165, 1.54) is 18.0 Å². The number of rotatable bonds is 11. The van der Waals surface area contributed by atoms with Gasteiger partial charge < -0.3 is 20.3 Å². The molecule has 4 N–H and O–H groups in total. The van der Waals surface area contributed by atoms with Crippen molar-refractivity contribution in [1.29, 1.82) is 5.26 Å². The summed E-state index contributed by atoms with van der Waals surface area (Å²) in [6, 6.07) is 6.74. The lowest BCUT2D eigenvalue weighted by atomic mass is 9.75. The summed E-state index contributed by atoms with van der Waals surface area (Å²) in [7, 11) is -0.406. The second-order valence-corrected chi connectivity index (χ2v) is 7.87. The van der Waals surface area contributed by atoms with Crippen molar-refractivity contribution in [3.8, 4) is 6.07 Å². The summed E-state index contributed by atoms with van der Waals surface area (Å²) >= 11 is 0. The van der Waals surface area contributed by atoms with Crippen molar-refractivity contribution < 1.29 is 32.8 Å². The molecule has 0 fully saturated rings. The van der Waals surface area contributed by atoms with E-state index < -0.39 is 43.6 Å². The molecule has 32 heavy (non-hydrogen) atoms. The lowest BCUT2D eigenvalue weighted by Gasteiger charge is -2.25. The molecule has 0 saturated carbocycles. The zero-order valence-electron chi connectivity index (χ0n) is 18.2. The van der Waals surface area contributed by atoms with Crippen LogP contribution in [-0.2, 0) is 16.0 Å². The molecule has 0 radical (unpaired) electrons. The van der Waals surface area contributed by atoms with Crippen LogP contribution >= 0.6 is 0 Å². The van der Waals surface area contributed by atoms with Gasteiger partial charge in [-0.3, -0.25) is 14.9 Å². The third-order valence-electron chi connectivity index (χ3n) is 4.62. The summed E-state index contributed by atoms with van der Waals surface area (Å²) < 4.78 is 38.3. The van der Waals surface area contributed by atoms with Gasteiger partial charge in [-0.25, -0.2) is 0 Å². The Balaban J connectivity index is 3.06. The Morgan fingerprint density at radius 1 is 1.28 bits per heavy atom. The van der Waals surface area contributed by atoms with Gasteiger partial charge in [0.05, 0.1) is 24.6 Å². The predicted molar refractivity (Wildman–Crippen MR) is 113 cm³/mol. The van der Waals surface area contributed by atoms with Crippen LogP contribution in [0.1, 0.15) is 32.3 Å². The van der Waals surface area contributed by atoms with Crippen LogP contribution in [0.25, 0.3) is 0 Å². The Kier molecular flexibility index (Phi) is 10.6. The maximum atomic E-state index is 12.8. The van der Waals surface area contributed by atoms with E-state index in [0.29, 0.717) is 11.3 Å². The molecule has 0 aliphatic carbocycles. The molecule has 0 saturated heterocycles. The van der Waals surface area contributed by atoms with Crippen LogP contribution in [0.3, 0.4) is 0 Å². The molecule has 0 aliphatic heterocycles. The first-order chi connectivity index (χ1) is 14.8. The highest BCUT2D eigenvalue weighted by Crippen LogP contribution is 2.18. The Morgan fingerprint density at radius 2 is 1.94 bits per heavy atom. The molecule has 0 bridgehead atoms. The van der Waals surface area contributed by atoms with E-state index >= 15 is 0 Å². The number of halogens is 3. The highest BCUT2D eigenvalue weighted by molar-refractivity contribution is 6.43. The van der Waals surface area contributed by atoms with Gasteiger partial charge in [-0.1, -0.05) is 26.0 Å². The predicted octanol–water partition coefficient (Wildman–Crippen LogP) is 1.17. The maximum Gasteiger partial charge on any atom is 0.475 e. The zero-order chi connectivity index (χ0) is 24.5. The largest absolute Gasteiger partial charge is 0.475 e. The molecule has 176 valence electrons. The van der Waals surface area contributed by atoms with Gasteiger partial charge in [0.15, 0.2) is 0 Å². The molecular formula is C20H28BF3N4O4. The highest BCUT2D eigenvalue weighted by Gasteiger charge is 2.33. The zero-order valence-corrected chi connectivity index (χ0v) is 18.2. The molecular weight excluding hydrogens is 428 g/mol. The van der Waals surface area contributed by atoms with E-state index in [1.807, 2.05) is 0 Å². The number of hydrogen-bond donors (Lipinski definition) is 4. The fourth-order valence-corrected chi connectivity index (χ4v) is 3.00. The number of hydrogen-bond acceptors (Lipinski definition) is 6. The molecule has 0 unspecified atom stereocenters. The van der Waals surface area contributed by atoms with E-state index in [-0.39, 0.29) is 25.2 Å². The van der Waals surface area contributed by atoms with Crippen LogP contribution in [-0.4, -0.2) is 60.7 Å². The smallest absolute Gasteiger partial charge is 0.426 e. The number of nitriles is 1.